The van der Waals surface area contributed by atoms with Crippen LogP contribution in [0.5, 0.6) is 0 Å². The second-order valence-electron chi connectivity index (χ2n) is 6.04. The van der Waals surface area contributed by atoms with Crippen LogP contribution in [-0.4, -0.2) is 24.8 Å². The number of hydrogen-bond donors (Lipinski definition) is 1. The minimum Gasteiger partial charge on any atom is -0.381 e. The molecule has 2 heteroatoms. The lowest BCUT2D eigenvalue weighted by molar-refractivity contribution is 0.0408. The summed E-state index contributed by atoms with van der Waals surface area (Å²) in [6.45, 7) is 11.1. The molecule has 1 atom stereocenters. The molecule has 0 aromatic heterocycles. The van der Waals surface area contributed by atoms with Gasteiger partial charge in [0.15, 0.2) is 0 Å². The van der Waals surface area contributed by atoms with E-state index in [-0.39, 0.29) is 0 Å². The Kier molecular flexibility index (Phi) is 5.77. The van der Waals surface area contributed by atoms with Crippen LogP contribution in [0.3, 0.4) is 0 Å². The summed E-state index contributed by atoms with van der Waals surface area (Å²) in [4.78, 5) is 0. The highest BCUT2D eigenvalue weighted by molar-refractivity contribution is 4.87. The molecule has 96 valence electrons. The molecular weight excluding hydrogens is 198 g/mol. The molecule has 0 bridgehead atoms. The Labute approximate surface area is 101 Å². The van der Waals surface area contributed by atoms with Crippen molar-refractivity contribution in [1.82, 2.24) is 5.32 Å². The summed E-state index contributed by atoms with van der Waals surface area (Å²) >= 11 is 0. The van der Waals surface area contributed by atoms with E-state index in [4.69, 9.17) is 4.74 Å². The van der Waals surface area contributed by atoms with Crippen LogP contribution >= 0.6 is 0 Å². The SMILES string of the molecule is CC(C)CCCC(C)NC1(C)CCOCC1. The van der Waals surface area contributed by atoms with Crippen LogP contribution < -0.4 is 5.32 Å². The predicted octanol–water partition coefficient (Wildman–Crippen LogP) is 3.36. The molecule has 0 aliphatic carbocycles. The first-order valence-corrected chi connectivity index (χ1v) is 6.87. The molecule has 1 heterocycles. The van der Waals surface area contributed by atoms with Gasteiger partial charge in [0.2, 0.25) is 0 Å². The maximum Gasteiger partial charge on any atom is 0.0483 e. The Morgan fingerprint density at radius 1 is 1.12 bits per heavy atom. The maximum absolute atomic E-state index is 5.42. The first-order chi connectivity index (χ1) is 7.52. The summed E-state index contributed by atoms with van der Waals surface area (Å²) in [7, 11) is 0. The van der Waals surface area contributed by atoms with Gasteiger partial charge in [0.1, 0.15) is 0 Å². The van der Waals surface area contributed by atoms with Crippen molar-refractivity contribution in [3.63, 3.8) is 0 Å². The van der Waals surface area contributed by atoms with Crippen molar-refractivity contribution in [2.45, 2.75) is 71.4 Å². The van der Waals surface area contributed by atoms with Gasteiger partial charge in [-0.05, 0) is 39.0 Å². The van der Waals surface area contributed by atoms with Crippen LogP contribution in [0.2, 0.25) is 0 Å². The lowest BCUT2D eigenvalue weighted by Gasteiger charge is -2.37. The molecule has 1 saturated heterocycles. The van der Waals surface area contributed by atoms with Crippen LogP contribution in [0.1, 0.15) is 59.8 Å². The third-order valence-corrected chi connectivity index (χ3v) is 3.61. The van der Waals surface area contributed by atoms with Crippen molar-refractivity contribution < 1.29 is 4.74 Å². The molecule has 0 saturated carbocycles. The third-order valence-electron chi connectivity index (χ3n) is 3.61. The zero-order valence-electron chi connectivity index (χ0n) is 11.5. The van der Waals surface area contributed by atoms with Crippen LogP contribution in [0.15, 0.2) is 0 Å². The Balaban J connectivity index is 2.19. The first kappa shape index (κ1) is 14.0. The zero-order valence-corrected chi connectivity index (χ0v) is 11.5. The highest BCUT2D eigenvalue weighted by Gasteiger charge is 2.27. The fourth-order valence-corrected chi connectivity index (χ4v) is 2.47. The van der Waals surface area contributed by atoms with Gasteiger partial charge < -0.3 is 10.1 Å². The second-order valence-corrected chi connectivity index (χ2v) is 6.04. The molecule has 2 nitrogen and oxygen atoms in total. The molecular formula is C14H29NO. The Hall–Kier alpha value is -0.0800. The first-order valence-electron chi connectivity index (χ1n) is 6.87. The van der Waals surface area contributed by atoms with Crippen LogP contribution in [0.25, 0.3) is 0 Å². The highest BCUT2D eigenvalue weighted by Crippen LogP contribution is 2.21. The van der Waals surface area contributed by atoms with E-state index in [1.165, 1.54) is 19.3 Å². The van der Waals surface area contributed by atoms with Gasteiger partial charge in [-0.15, -0.1) is 0 Å². The molecule has 0 aromatic carbocycles. The molecule has 0 radical (unpaired) electrons. The van der Waals surface area contributed by atoms with Crippen LogP contribution in [0, 0.1) is 5.92 Å². The fraction of sp³-hybridized carbons (Fsp3) is 1.00. The largest absolute Gasteiger partial charge is 0.381 e. The predicted molar refractivity (Wildman–Crippen MR) is 69.7 cm³/mol. The van der Waals surface area contributed by atoms with Gasteiger partial charge in [-0.3, -0.25) is 0 Å². The van der Waals surface area contributed by atoms with E-state index < -0.39 is 0 Å². The minimum absolute atomic E-state index is 0.315. The van der Waals surface area contributed by atoms with Gasteiger partial charge in [0.05, 0.1) is 0 Å². The summed E-state index contributed by atoms with van der Waals surface area (Å²) < 4.78 is 5.42. The molecule has 1 unspecified atom stereocenters. The number of ether oxygens (including phenoxy) is 1. The Morgan fingerprint density at radius 2 is 1.75 bits per heavy atom. The number of nitrogens with one attached hydrogen (secondary N) is 1. The summed E-state index contributed by atoms with van der Waals surface area (Å²) in [5.74, 6) is 0.839. The van der Waals surface area contributed by atoms with Crippen molar-refractivity contribution in [3.8, 4) is 0 Å². The lowest BCUT2D eigenvalue weighted by Crippen LogP contribution is -2.50. The van der Waals surface area contributed by atoms with E-state index in [1.54, 1.807) is 0 Å². The highest BCUT2D eigenvalue weighted by atomic mass is 16.5. The summed E-state index contributed by atoms with van der Waals surface area (Å²) in [5.41, 5.74) is 0.315. The second kappa shape index (κ2) is 6.61. The van der Waals surface area contributed by atoms with E-state index in [0.29, 0.717) is 11.6 Å². The van der Waals surface area contributed by atoms with Crippen molar-refractivity contribution in [2.75, 3.05) is 13.2 Å². The maximum atomic E-state index is 5.42. The van der Waals surface area contributed by atoms with Crippen molar-refractivity contribution >= 4 is 0 Å². The summed E-state index contributed by atoms with van der Waals surface area (Å²) in [6.07, 6.45) is 6.31. The van der Waals surface area contributed by atoms with Gasteiger partial charge in [0, 0.05) is 24.8 Å². The van der Waals surface area contributed by atoms with Gasteiger partial charge >= 0.3 is 0 Å². The molecule has 1 aliphatic heterocycles. The van der Waals surface area contributed by atoms with Crippen molar-refractivity contribution in [3.05, 3.63) is 0 Å². The van der Waals surface area contributed by atoms with E-state index in [9.17, 15) is 0 Å². The van der Waals surface area contributed by atoms with E-state index >= 15 is 0 Å². The standard InChI is InChI=1S/C14H29NO/c1-12(2)6-5-7-13(3)15-14(4)8-10-16-11-9-14/h12-13,15H,5-11H2,1-4H3. The normalized spacial score (nSPS) is 22.3. The summed E-state index contributed by atoms with van der Waals surface area (Å²) in [6, 6.07) is 0.641. The molecule has 1 N–H and O–H groups in total. The fourth-order valence-electron chi connectivity index (χ4n) is 2.47. The van der Waals surface area contributed by atoms with E-state index in [0.717, 1.165) is 32.0 Å². The Bertz CT molecular complexity index is 185. The average Bonchev–Trinajstić information content (AvgIpc) is 2.17. The smallest absolute Gasteiger partial charge is 0.0483 e. The lowest BCUT2D eigenvalue weighted by atomic mass is 9.91. The molecule has 1 fully saturated rings. The molecule has 1 rings (SSSR count). The third kappa shape index (κ3) is 5.31. The average molecular weight is 227 g/mol. The van der Waals surface area contributed by atoms with E-state index in [1.807, 2.05) is 0 Å². The number of hydrogen-bond acceptors (Lipinski definition) is 2. The van der Waals surface area contributed by atoms with Gasteiger partial charge in [0.25, 0.3) is 0 Å². The van der Waals surface area contributed by atoms with Gasteiger partial charge in [-0.25, -0.2) is 0 Å². The topological polar surface area (TPSA) is 21.3 Å². The molecule has 0 amide bonds. The number of rotatable bonds is 6. The Morgan fingerprint density at radius 3 is 2.31 bits per heavy atom. The molecule has 0 spiro atoms. The van der Waals surface area contributed by atoms with Crippen LogP contribution in [0.4, 0.5) is 0 Å². The molecule has 0 aromatic rings. The molecule has 1 aliphatic rings. The minimum atomic E-state index is 0.315. The van der Waals surface area contributed by atoms with E-state index in [2.05, 4.69) is 33.0 Å². The quantitative estimate of drug-likeness (QED) is 0.751. The van der Waals surface area contributed by atoms with Gasteiger partial charge in [-0.1, -0.05) is 26.7 Å². The monoisotopic (exact) mass is 227 g/mol. The molecule has 16 heavy (non-hydrogen) atoms. The van der Waals surface area contributed by atoms with Crippen molar-refractivity contribution in [2.24, 2.45) is 5.92 Å². The van der Waals surface area contributed by atoms with Crippen molar-refractivity contribution in [1.29, 1.82) is 0 Å². The van der Waals surface area contributed by atoms with Crippen LogP contribution in [-0.2, 0) is 4.74 Å². The van der Waals surface area contributed by atoms with Gasteiger partial charge in [-0.2, -0.15) is 0 Å². The summed E-state index contributed by atoms with van der Waals surface area (Å²) in [5, 5.41) is 3.79. The zero-order chi connectivity index (χ0) is 12.0.